The molecule has 2 N–H and O–H groups in total. The van der Waals surface area contributed by atoms with Crippen molar-refractivity contribution in [1.29, 1.82) is 0 Å². The zero-order valence-corrected chi connectivity index (χ0v) is 10.3. The lowest BCUT2D eigenvalue weighted by molar-refractivity contribution is -0.457. The fourth-order valence-electron chi connectivity index (χ4n) is 2.03. The predicted octanol–water partition coefficient (Wildman–Crippen LogP) is 1.35. The summed E-state index contributed by atoms with van der Waals surface area (Å²) in [5, 5.41) is 3.37. The topological polar surface area (TPSA) is 43.1 Å². The van der Waals surface area contributed by atoms with E-state index < -0.39 is 0 Å². The molecule has 0 aliphatic carbocycles. The second kappa shape index (κ2) is 5.62. The molecular weight excluding hydrogens is 212 g/mol. The summed E-state index contributed by atoms with van der Waals surface area (Å²) in [6.45, 7) is 2.63. The van der Waals surface area contributed by atoms with Gasteiger partial charge in [-0.3, -0.25) is 9.79 Å². The number of Topliss-reactive ketones (excluding diaryl/α,β-unsaturated/α-hetero) is 1. The number of carbonyl (C=O) groups is 1. The molecule has 0 aromatic heterocycles. The fraction of sp³-hybridized carbons (Fsp3) is 0.429. The normalized spacial score (nSPS) is 15.9. The Bertz CT molecular complexity index is 438. The van der Waals surface area contributed by atoms with Gasteiger partial charge in [0, 0.05) is 12.0 Å². The number of hydrogen-bond donors (Lipinski definition) is 2. The lowest BCUT2D eigenvalue weighted by Crippen LogP contribution is -2.74. The minimum absolute atomic E-state index is 0.104. The minimum atomic E-state index is 0.104. The Labute approximate surface area is 102 Å². The van der Waals surface area contributed by atoms with Gasteiger partial charge in [-0.2, -0.15) is 0 Å². The lowest BCUT2D eigenvalue weighted by Gasteiger charge is -2.02. The summed E-state index contributed by atoms with van der Waals surface area (Å²) < 4.78 is 0. The van der Waals surface area contributed by atoms with Crippen molar-refractivity contribution >= 4 is 17.3 Å². The molecule has 1 aliphatic heterocycles. The van der Waals surface area contributed by atoms with E-state index in [1.54, 1.807) is 6.92 Å². The zero-order valence-electron chi connectivity index (χ0n) is 10.3. The maximum Gasteiger partial charge on any atom is 0.247 e. The quantitative estimate of drug-likeness (QED) is 0.755. The van der Waals surface area contributed by atoms with Crippen LogP contribution in [0.5, 0.6) is 0 Å². The molecule has 0 bridgehead atoms. The first kappa shape index (κ1) is 11.8. The molecule has 17 heavy (non-hydrogen) atoms. The first-order chi connectivity index (χ1) is 8.25. The van der Waals surface area contributed by atoms with Crippen LogP contribution in [-0.4, -0.2) is 18.2 Å². The molecule has 1 aromatic carbocycles. The molecule has 1 heterocycles. The van der Waals surface area contributed by atoms with E-state index in [0.29, 0.717) is 0 Å². The Morgan fingerprint density at radius 3 is 3.00 bits per heavy atom. The molecule has 0 radical (unpaired) electrons. The third-order valence-corrected chi connectivity index (χ3v) is 3.01. The third-order valence-electron chi connectivity index (χ3n) is 3.01. The van der Waals surface area contributed by atoms with Gasteiger partial charge in [0.05, 0.1) is 6.54 Å². The van der Waals surface area contributed by atoms with Crippen LogP contribution in [0.2, 0.25) is 0 Å². The van der Waals surface area contributed by atoms with Gasteiger partial charge in [-0.25, -0.2) is 5.32 Å². The Balaban J connectivity index is 2.09. The second-order valence-electron chi connectivity index (χ2n) is 4.48. The van der Waals surface area contributed by atoms with Crippen molar-refractivity contribution in [2.24, 2.45) is 0 Å². The number of benzene rings is 1. The highest BCUT2D eigenvalue weighted by molar-refractivity contribution is 5.97. The highest BCUT2D eigenvalue weighted by atomic mass is 16.1. The van der Waals surface area contributed by atoms with Crippen LogP contribution < -0.4 is 10.3 Å². The number of amidine groups is 1. The molecular formula is C14H19N2O+. The van der Waals surface area contributed by atoms with E-state index in [1.165, 1.54) is 25.1 Å². The molecule has 0 unspecified atom stereocenters. The van der Waals surface area contributed by atoms with Crippen molar-refractivity contribution in [2.75, 3.05) is 11.9 Å². The smallest absolute Gasteiger partial charge is 0.247 e. The van der Waals surface area contributed by atoms with Crippen LogP contribution in [0.25, 0.3) is 0 Å². The van der Waals surface area contributed by atoms with Crippen LogP contribution in [0.15, 0.2) is 24.3 Å². The highest BCUT2D eigenvalue weighted by Crippen LogP contribution is 2.12. The van der Waals surface area contributed by atoms with Crippen molar-refractivity contribution in [3.05, 3.63) is 29.8 Å². The molecule has 0 amide bonds. The molecule has 3 heteroatoms. The molecule has 2 rings (SSSR count). The van der Waals surface area contributed by atoms with E-state index in [-0.39, 0.29) is 5.78 Å². The van der Waals surface area contributed by atoms with Crippen molar-refractivity contribution in [1.82, 2.24) is 0 Å². The fourth-order valence-corrected chi connectivity index (χ4v) is 2.03. The second-order valence-corrected chi connectivity index (χ2v) is 4.48. The van der Waals surface area contributed by atoms with Crippen molar-refractivity contribution in [3.8, 4) is 0 Å². The predicted molar refractivity (Wildman–Crippen MR) is 69.4 cm³/mol. The van der Waals surface area contributed by atoms with E-state index in [2.05, 4.69) is 10.3 Å². The van der Waals surface area contributed by atoms with E-state index in [4.69, 9.17) is 0 Å². The van der Waals surface area contributed by atoms with E-state index in [0.717, 1.165) is 24.2 Å². The van der Waals surface area contributed by atoms with Gasteiger partial charge in [-0.15, -0.1) is 0 Å². The molecule has 1 aromatic rings. The minimum Gasteiger partial charge on any atom is -0.295 e. The van der Waals surface area contributed by atoms with Gasteiger partial charge in [0.2, 0.25) is 5.84 Å². The van der Waals surface area contributed by atoms with E-state index in [9.17, 15) is 4.79 Å². The average Bonchev–Trinajstić information content (AvgIpc) is 2.58. The number of anilines is 1. The van der Waals surface area contributed by atoms with Crippen LogP contribution in [0.1, 0.15) is 43.0 Å². The molecule has 3 nitrogen and oxygen atoms in total. The van der Waals surface area contributed by atoms with Gasteiger partial charge < -0.3 is 0 Å². The monoisotopic (exact) mass is 231 g/mol. The molecule has 0 atom stereocenters. The van der Waals surface area contributed by atoms with Gasteiger partial charge >= 0.3 is 0 Å². The summed E-state index contributed by atoms with van der Waals surface area (Å²) in [6, 6.07) is 7.66. The Kier molecular flexibility index (Phi) is 3.91. The maximum absolute atomic E-state index is 11.3. The lowest BCUT2D eigenvalue weighted by atomic mass is 10.1. The number of carbonyl (C=O) groups excluding carboxylic acids is 1. The summed E-state index contributed by atoms with van der Waals surface area (Å²) in [5.41, 5.74) is 1.74. The Hall–Kier alpha value is -1.64. The van der Waals surface area contributed by atoms with Crippen LogP contribution in [0.4, 0.5) is 5.69 Å². The SMILES string of the molecule is CC(=O)c1cccc(NC2=[NH+]CCCCC2)c1. The van der Waals surface area contributed by atoms with Crippen LogP contribution in [0, 0.1) is 0 Å². The Morgan fingerprint density at radius 1 is 1.29 bits per heavy atom. The van der Waals surface area contributed by atoms with E-state index in [1.807, 2.05) is 24.3 Å². The summed E-state index contributed by atoms with van der Waals surface area (Å²) in [4.78, 5) is 14.7. The molecule has 1 aliphatic rings. The summed E-state index contributed by atoms with van der Waals surface area (Å²) in [5.74, 6) is 1.27. The van der Waals surface area contributed by atoms with Gasteiger partial charge in [-0.1, -0.05) is 12.1 Å². The maximum atomic E-state index is 11.3. The Morgan fingerprint density at radius 2 is 2.18 bits per heavy atom. The number of rotatable bonds is 2. The summed E-state index contributed by atoms with van der Waals surface area (Å²) in [7, 11) is 0. The zero-order chi connectivity index (χ0) is 12.1. The first-order valence-corrected chi connectivity index (χ1v) is 6.23. The average molecular weight is 231 g/mol. The van der Waals surface area contributed by atoms with Crippen molar-refractivity contribution in [2.45, 2.75) is 32.6 Å². The van der Waals surface area contributed by atoms with Crippen LogP contribution in [0.3, 0.4) is 0 Å². The van der Waals surface area contributed by atoms with Crippen molar-refractivity contribution < 1.29 is 9.79 Å². The number of nitrogens with one attached hydrogen (secondary N) is 2. The molecule has 0 spiro atoms. The molecule has 0 saturated carbocycles. The van der Waals surface area contributed by atoms with Crippen molar-refractivity contribution in [3.63, 3.8) is 0 Å². The van der Waals surface area contributed by atoms with Gasteiger partial charge in [0.15, 0.2) is 5.78 Å². The summed E-state index contributed by atoms with van der Waals surface area (Å²) in [6.07, 6.45) is 4.80. The largest absolute Gasteiger partial charge is 0.295 e. The van der Waals surface area contributed by atoms with Crippen LogP contribution in [-0.2, 0) is 0 Å². The summed E-state index contributed by atoms with van der Waals surface area (Å²) >= 11 is 0. The van der Waals surface area contributed by atoms with Gasteiger partial charge in [-0.05, 0) is 38.3 Å². The number of ketones is 1. The van der Waals surface area contributed by atoms with Gasteiger partial charge in [0.1, 0.15) is 5.69 Å². The number of hydrogen-bond acceptors (Lipinski definition) is 2. The van der Waals surface area contributed by atoms with E-state index >= 15 is 0 Å². The third kappa shape index (κ3) is 3.41. The van der Waals surface area contributed by atoms with Gasteiger partial charge in [0.25, 0.3) is 0 Å². The highest BCUT2D eigenvalue weighted by Gasteiger charge is 2.11. The molecule has 90 valence electrons. The standard InChI is InChI=1S/C14H18N2O/c1-11(17)12-6-5-7-13(10-12)16-14-8-3-2-4-9-15-14/h5-7,10H,2-4,8-9H2,1H3,(H,15,16)/p+1. The van der Waals surface area contributed by atoms with Crippen LogP contribution >= 0.6 is 0 Å². The molecule has 0 fully saturated rings. The first-order valence-electron chi connectivity index (χ1n) is 6.23. The molecule has 0 saturated heterocycles.